The second kappa shape index (κ2) is 8.22. The third-order valence-corrected chi connectivity index (χ3v) is 6.95. The van der Waals surface area contributed by atoms with Crippen LogP contribution in [0.5, 0.6) is 0 Å². The van der Waals surface area contributed by atoms with Crippen LogP contribution < -0.4 is 15.6 Å². The Morgan fingerprint density at radius 1 is 1.15 bits per heavy atom. The van der Waals surface area contributed by atoms with E-state index in [9.17, 15) is 13.2 Å². The summed E-state index contributed by atoms with van der Waals surface area (Å²) in [5, 5.41) is 7.03. The molecule has 0 aliphatic carbocycles. The van der Waals surface area contributed by atoms with Crippen LogP contribution in [0.25, 0.3) is 5.69 Å². The minimum atomic E-state index is -3.54. The predicted molar refractivity (Wildman–Crippen MR) is 108 cm³/mol. The summed E-state index contributed by atoms with van der Waals surface area (Å²) in [5.74, 6) is 0. The molecule has 0 atom stereocenters. The van der Waals surface area contributed by atoms with Crippen LogP contribution in [-0.4, -0.2) is 31.3 Å². The number of aromatic nitrogens is 2. The summed E-state index contributed by atoms with van der Waals surface area (Å²) in [6.45, 7) is 2.23. The summed E-state index contributed by atoms with van der Waals surface area (Å²) < 4.78 is 28.3. The summed E-state index contributed by atoms with van der Waals surface area (Å²) in [7, 11) is -3.54. The molecule has 0 bridgehead atoms. The normalized spacial score (nSPS) is 11.5. The van der Waals surface area contributed by atoms with Gasteiger partial charge in [-0.3, -0.25) is 4.79 Å². The van der Waals surface area contributed by atoms with Gasteiger partial charge in [0.25, 0.3) is 5.56 Å². The van der Waals surface area contributed by atoms with Crippen molar-refractivity contribution in [3.8, 4) is 5.69 Å². The molecule has 0 unspecified atom stereocenters. The molecular weight excluding hydrogens is 408 g/mol. The number of benzene rings is 1. The first-order valence-corrected chi connectivity index (χ1v) is 10.7. The van der Waals surface area contributed by atoms with Crippen LogP contribution in [0.4, 0.5) is 5.69 Å². The van der Waals surface area contributed by atoms with Crippen molar-refractivity contribution >= 4 is 38.6 Å². The molecule has 2 aromatic heterocycles. The number of anilines is 1. The quantitative estimate of drug-likeness (QED) is 0.569. The lowest BCUT2D eigenvalue weighted by molar-refractivity contribution is 0.585. The molecule has 7 nitrogen and oxygen atoms in total. The van der Waals surface area contributed by atoms with Gasteiger partial charge in [0.1, 0.15) is 9.23 Å². The number of para-hydroxylation sites is 1. The number of sulfonamides is 1. The minimum Gasteiger partial charge on any atom is -0.381 e. The fraction of sp³-hybridized carbons (Fsp3) is 0.176. The van der Waals surface area contributed by atoms with Gasteiger partial charge in [0, 0.05) is 18.0 Å². The molecule has 2 heterocycles. The van der Waals surface area contributed by atoms with E-state index in [4.69, 9.17) is 11.6 Å². The number of aryl methyl sites for hydroxylation is 1. The zero-order valence-corrected chi connectivity index (χ0v) is 16.7. The molecule has 142 valence electrons. The molecule has 0 aliphatic heterocycles. The van der Waals surface area contributed by atoms with Crippen LogP contribution in [0.1, 0.15) is 4.88 Å². The van der Waals surface area contributed by atoms with Crippen LogP contribution in [0.15, 0.2) is 57.7 Å². The second-order valence-corrected chi connectivity index (χ2v) is 9.27. The van der Waals surface area contributed by atoms with Crippen LogP contribution in [0.2, 0.25) is 5.02 Å². The van der Waals surface area contributed by atoms with E-state index in [0.717, 1.165) is 4.88 Å². The Bertz CT molecular complexity index is 1090. The average Bonchev–Trinajstić information content (AvgIpc) is 3.10. The molecule has 0 aliphatic rings. The number of thiophene rings is 1. The highest BCUT2D eigenvalue weighted by Crippen LogP contribution is 2.20. The number of nitrogens with one attached hydrogen (secondary N) is 2. The van der Waals surface area contributed by atoms with E-state index in [1.165, 1.54) is 22.2 Å². The number of rotatable bonds is 7. The Kier molecular flexibility index (Phi) is 5.95. The molecule has 27 heavy (non-hydrogen) atoms. The fourth-order valence-electron chi connectivity index (χ4n) is 2.32. The van der Waals surface area contributed by atoms with Gasteiger partial charge in [-0.1, -0.05) is 29.8 Å². The van der Waals surface area contributed by atoms with E-state index in [-0.39, 0.29) is 22.3 Å². The molecule has 3 rings (SSSR count). The van der Waals surface area contributed by atoms with E-state index in [2.05, 4.69) is 15.1 Å². The lowest BCUT2D eigenvalue weighted by Crippen LogP contribution is -2.29. The van der Waals surface area contributed by atoms with E-state index >= 15 is 0 Å². The van der Waals surface area contributed by atoms with Gasteiger partial charge in [-0.15, -0.1) is 11.3 Å². The lowest BCUT2D eigenvalue weighted by atomic mass is 10.3. The summed E-state index contributed by atoms with van der Waals surface area (Å²) in [5.41, 5.74) is 0.498. The molecular formula is C17H17ClN4O3S2. The third-order valence-electron chi connectivity index (χ3n) is 3.63. The zero-order chi connectivity index (χ0) is 19.4. The van der Waals surface area contributed by atoms with Gasteiger partial charge in [-0.05, 0) is 31.2 Å². The first kappa shape index (κ1) is 19.6. The Hall–Kier alpha value is -2.20. The highest BCUT2D eigenvalue weighted by molar-refractivity contribution is 7.91. The van der Waals surface area contributed by atoms with E-state index in [0.29, 0.717) is 11.4 Å². The van der Waals surface area contributed by atoms with Crippen LogP contribution in [-0.2, 0) is 10.0 Å². The Balaban J connectivity index is 1.64. The van der Waals surface area contributed by atoms with Crippen molar-refractivity contribution in [1.82, 2.24) is 14.5 Å². The van der Waals surface area contributed by atoms with E-state index in [1.807, 2.05) is 13.0 Å². The maximum Gasteiger partial charge on any atom is 0.292 e. The van der Waals surface area contributed by atoms with Crippen molar-refractivity contribution in [2.45, 2.75) is 11.1 Å². The van der Waals surface area contributed by atoms with Gasteiger partial charge < -0.3 is 5.32 Å². The van der Waals surface area contributed by atoms with Crippen molar-refractivity contribution in [3.05, 3.63) is 68.9 Å². The number of halogens is 1. The van der Waals surface area contributed by atoms with Crippen LogP contribution in [0.3, 0.4) is 0 Å². The molecule has 10 heteroatoms. The molecule has 0 saturated carbocycles. The Morgan fingerprint density at radius 2 is 1.89 bits per heavy atom. The summed E-state index contributed by atoms with van der Waals surface area (Å²) in [6, 6.07) is 12.3. The van der Waals surface area contributed by atoms with Gasteiger partial charge >= 0.3 is 0 Å². The van der Waals surface area contributed by atoms with Crippen LogP contribution in [0, 0.1) is 6.92 Å². The number of hydrogen-bond acceptors (Lipinski definition) is 6. The molecule has 0 fully saturated rings. The van der Waals surface area contributed by atoms with Gasteiger partial charge in [-0.25, -0.2) is 13.1 Å². The maximum atomic E-state index is 12.4. The number of hydrogen-bond donors (Lipinski definition) is 2. The lowest BCUT2D eigenvalue weighted by Gasteiger charge is -2.11. The summed E-state index contributed by atoms with van der Waals surface area (Å²) in [6.07, 6.45) is 1.44. The maximum absolute atomic E-state index is 12.4. The molecule has 3 aromatic rings. The largest absolute Gasteiger partial charge is 0.381 e. The van der Waals surface area contributed by atoms with Gasteiger partial charge in [0.15, 0.2) is 0 Å². The zero-order valence-electron chi connectivity index (χ0n) is 14.3. The topological polar surface area (TPSA) is 93.1 Å². The Morgan fingerprint density at radius 3 is 2.56 bits per heavy atom. The highest BCUT2D eigenvalue weighted by Gasteiger charge is 2.15. The van der Waals surface area contributed by atoms with Crippen molar-refractivity contribution < 1.29 is 8.42 Å². The second-order valence-electron chi connectivity index (χ2n) is 5.61. The predicted octanol–water partition coefficient (Wildman–Crippen LogP) is 2.65. The molecule has 1 aromatic carbocycles. The smallest absolute Gasteiger partial charge is 0.292 e. The van der Waals surface area contributed by atoms with Gasteiger partial charge in [-0.2, -0.15) is 9.78 Å². The van der Waals surface area contributed by atoms with Gasteiger partial charge in [0.05, 0.1) is 17.6 Å². The molecule has 2 N–H and O–H groups in total. The first-order chi connectivity index (χ1) is 12.9. The summed E-state index contributed by atoms with van der Waals surface area (Å²) >= 11 is 7.35. The van der Waals surface area contributed by atoms with Crippen molar-refractivity contribution in [2.24, 2.45) is 0 Å². The molecule has 0 spiro atoms. The standard InChI is InChI=1S/C17H17ClN4O3S2/c1-12-7-8-15(26-12)27(24,25)21-10-9-19-14-11-20-22(17(23)16(14)18)13-5-3-2-4-6-13/h2-8,11,19,21H,9-10H2,1H3. The molecule has 0 radical (unpaired) electrons. The SMILES string of the molecule is Cc1ccc(S(=O)(=O)NCCNc2cnn(-c3ccccc3)c(=O)c2Cl)s1. The monoisotopic (exact) mass is 424 g/mol. The fourth-order valence-corrected chi connectivity index (χ4v) is 4.87. The first-order valence-electron chi connectivity index (χ1n) is 8.02. The minimum absolute atomic E-state index is 0.00871. The number of nitrogens with zero attached hydrogens (tertiary/aromatic N) is 2. The molecule has 0 amide bonds. The van der Waals surface area contributed by atoms with Gasteiger partial charge in [0.2, 0.25) is 10.0 Å². The van der Waals surface area contributed by atoms with Crippen molar-refractivity contribution in [2.75, 3.05) is 18.4 Å². The van der Waals surface area contributed by atoms with Crippen molar-refractivity contribution in [3.63, 3.8) is 0 Å². The Labute approximate surface area is 165 Å². The highest BCUT2D eigenvalue weighted by atomic mass is 35.5. The van der Waals surface area contributed by atoms with Crippen molar-refractivity contribution in [1.29, 1.82) is 0 Å². The summed E-state index contributed by atoms with van der Waals surface area (Å²) in [4.78, 5) is 13.3. The van der Waals surface area contributed by atoms with E-state index in [1.54, 1.807) is 36.4 Å². The van der Waals surface area contributed by atoms with Crippen LogP contribution >= 0.6 is 22.9 Å². The van der Waals surface area contributed by atoms with E-state index < -0.39 is 15.6 Å². The average molecular weight is 425 g/mol. The molecule has 0 saturated heterocycles. The third kappa shape index (κ3) is 4.56.